The smallest absolute Gasteiger partial charge is 0.340 e. The van der Waals surface area contributed by atoms with Crippen molar-refractivity contribution in [2.45, 2.75) is 32.7 Å². The SMILES string of the molecule is Cc1c(OCc2ccc(N)cc2)ccc2c1Oc1c(ccc(OCc3ccc(N)cc3)c1C)C21OC(=O)c2ccccc21. The van der Waals surface area contributed by atoms with E-state index in [1.165, 1.54) is 0 Å². The van der Waals surface area contributed by atoms with Gasteiger partial charge in [-0.05, 0) is 79.6 Å². The molecule has 1 spiro atoms. The predicted octanol–water partition coefficient (Wildman–Crippen LogP) is 7.19. The van der Waals surface area contributed by atoms with Gasteiger partial charge in [-0.1, -0.05) is 42.5 Å². The molecule has 0 aliphatic carbocycles. The zero-order valence-corrected chi connectivity index (χ0v) is 23.8. The Bertz CT molecular complexity index is 1780. The predicted molar refractivity (Wildman–Crippen MR) is 165 cm³/mol. The number of fused-ring (bicyclic) bond motifs is 6. The molecule has 2 aliphatic heterocycles. The van der Waals surface area contributed by atoms with Crippen molar-refractivity contribution < 1.29 is 23.7 Å². The molecule has 2 heterocycles. The van der Waals surface area contributed by atoms with Gasteiger partial charge in [0.15, 0.2) is 5.60 Å². The normalized spacial score (nSPS) is 13.9. The third-order valence-corrected chi connectivity index (χ3v) is 8.20. The van der Waals surface area contributed by atoms with Crippen molar-refractivity contribution in [1.82, 2.24) is 0 Å². The molecule has 4 N–H and O–H groups in total. The molecule has 0 atom stereocenters. The van der Waals surface area contributed by atoms with Gasteiger partial charge in [0.05, 0.1) is 5.56 Å². The lowest BCUT2D eigenvalue weighted by atomic mass is 9.76. The summed E-state index contributed by atoms with van der Waals surface area (Å²) in [6.07, 6.45) is 0. The molecule has 214 valence electrons. The highest BCUT2D eigenvalue weighted by atomic mass is 16.6. The Balaban J connectivity index is 1.32. The molecule has 0 amide bonds. The van der Waals surface area contributed by atoms with Gasteiger partial charge in [-0.2, -0.15) is 0 Å². The molecule has 43 heavy (non-hydrogen) atoms. The first kappa shape index (κ1) is 26.5. The Morgan fingerprint density at radius 1 is 0.628 bits per heavy atom. The molecule has 2 aliphatic rings. The number of carbonyl (C=O) groups is 1. The summed E-state index contributed by atoms with van der Waals surface area (Å²) in [4.78, 5) is 13.3. The van der Waals surface area contributed by atoms with Crippen LogP contribution >= 0.6 is 0 Å². The molecule has 7 nitrogen and oxygen atoms in total. The van der Waals surface area contributed by atoms with Crippen LogP contribution in [-0.4, -0.2) is 5.97 Å². The fourth-order valence-corrected chi connectivity index (χ4v) is 5.89. The summed E-state index contributed by atoms with van der Waals surface area (Å²) >= 11 is 0. The molecular formula is C36H30N2O5. The summed E-state index contributed by atoms with van der Waals surface area (Å²) in [6, 6.07) is 30.4. The summed E-state index contributed by atoms with van der Waals surface area (Å²) in [6.45, 7) is 4.63. The third kappa shape index (κ3) is 4.32. The first-order chi connectivity index (χ1) is 20.8. The van der Waals surface area contributed by atoms with Gasteiger partial charge in [0.25, 0.3) is 0 Å². The maximum atomic E-state index is 13.3. The lowest BCUT2D eigenvalue weighted by Crippen LogP contribution is -2.33. The van der Waals surface area contributed by atoms with Crippen molar-refractivity contribution in [3.05, 3.63) is 142 Å². The number of ether oxygens (including phenoxy) is 4. The van der Waals surface area contributed by atoms with Crippen molar-refractivity contribution in [2.75, 3.05) is 11.5 Å². The van der Waals surface area contributed by atoms with Crippen LogP contribution in [0.15, 0.2) is 97.1 Å². The third-order valence-electron chi connectivity index (χ3n) is 8.20. The maximum Gasteiger partial charge on any atom is 0.340 e. The molecule has 0 aromatic heterocycles. The topological polar surface area (TPSA) is 106 Å². The van der Waals surface area contributed by atoms with E-state index in [4.69, 9.17) is 30.4 Å². The minimum atomic E-state index is -1.18. The zero-order valence-electron chi connectivity index (χ0n) is 23.8. The van der Waals surface area contributed by atoms with Gasteiger partial charge in [-0.15, -0.1) is 0 Å². The molecule has 7 heteroatoms. The molecule has 5 aromatic rings. The summed E-state index contributed by atoms with van der Waals surface area (Å²) in [5.74, 6) is 2.13. The minimum Gasteiger partial charge on any atom is -0.488 e. The van der Waals surface area contributed by atoms with Gasteiger partial charge in [0, 0.05) is 39.2 Å². The Hall–Kier alpha value is -5.43. The molecule has 7 rings (SSSR count). The molecule has 0 fully saturated rings. The number of nitrogen functional groups attached to an aromatic ring is 2. The van der Waals surface area contributed by atoms with Gasteiger partial charge in [0.1, 0.15) is 36.2 Å². The van der Waals surface area contributed by atoms with E-state index in [9.17, 15) is 4.79 Å². The Morgan fingerprint density at radius 3 is 1.63 bits per heavy atom. The van der Waals surface area contributed by atoms with Crippen LogP contribution in [0.5, 0.6) is 23.0 Å². The number of esters is 1. The van der Waals surface area contributed by atoms with Gasteiger partial charge in [0.2, 0.25) is 0 Å². The van der Waals surface area contributed by atoms with Gasteiger partial charge in [-0.25, -0.2) is 4.79 Å². The second kappa shape index (κ2) is 10.1. The summed E-state index contributed by atoms with van der Waals surface area (Å²) < 4.78 is 25.6. The van der Waals surface area contributed by atoms with Crippen LogP contribution in [0, 0.1) is 13.8 Å². The fraction of sp³-hybridized carbons (Fsp3) is 0.139. The largest absolute Gasteiger partial charge is 0.488 e. The van der Waals surface area contributed by atoms with E-state index in [-0.39, 0.29) is 5.97 Å². The van der Waals surface area contributed by atoms with Crippen LogP contribution in [0.3, 0.4) is 0 Å². The van der Waals surface area contributed by atoms with Crippen molar-refractivity contribution in [3.63, 3.8) is 0 Å². The minimum absolute atomic E-state index is 0.363. The molecule has 0 bridgehead atoms. The molecule has 0 saturated carbocycles. The van der Waals surface area contributed by atoms with Crippen LogP contribution in [-0.2, 0) is 23.6 Å². The number of hydrogen-bond donors (Lipinski definition) is 2. The highest BCUT2D eigenvalue weighted by molar-refractivity contribution is 5.97. The van der Waals surface area contributed by atoms with E-state index < -0.39 is 5.60 Å². The Kier molecular flexibility index (Phi) is 6.24. The number of benzene rings is 5. The maximum absolute atomic E-state index is 13.3. The van der Waals surface area contributed by atoms with Crippen LogP contribution in [0.25, 0.3) is 0 Å². The van der Waals surface area contributed by atoms with Crippen molar-refractivity contribution in [1.29, 1.82) is 0 Å². The van der Waals surface area contributed by atoms with Crippen LogP contribution in [0.1, 0.15) is 49.3 Å². The standard InChI is InChI=1S/C36H30N2O5/c1-21-31(40-19-23-7-11-25(37)12-8-23)17-15-29-33(21)42-34-22(2)32(41-20-24-9-13-26(38)14-10-24)18-16-30(34)36(29)28-6-4-3-5-27(28)35(39)43-36/h3-18H,19-20,37-38H2,1-2H3. The van der Waals surface area contributed by atoms with Crippen LogP contribution < -0.4 is 25.7 Å². The van der Waals surface area contributed by atoms with E-state index in [0.29, 0.717) is 53.2 Å². The first-order valence-corrected chi connectivity index (χ1v) is 14.1. The highest BCUT2D eigenvalue weighted by Crippen LogP contribution is 2.59. The summed E-state index contributed by atoms with van der Waals surface area (Å²) in [7, 11) is 0. The van der Waals surface area contributed by atoms with E-state index in [2.05, 4.69) is 0 Å². The average molecular weight is 571 g/mol. The quantitative estimate of drug-likeness (QED) is 0.164. The van der Waals surface area contributed by atoms with Gasteiger partial charge in [-0.3, -0.25) is 0 Å². The lowest BCUT2D eigenvalue weighted by Gasteiger charge is -2.38. The molecule has 0 saturated heterocycles. The average Bonchev–Trinajstić information content (AvgIpc) is 3.31. The van der Waals surface area contributed by atoms with Crippen molar-refractivity contribution in [3.8, 4) is 23.0 Å². The van der Waals surface area contributed by atoms with E-state index >= 15 is 0 Å². The summed E-state index contributed by atoms with van der Waals surface area (Å²) in [5.41, 5.74) is 18.3. The molecule has 0 unspecified atom stereocenters. The van der Waals surface area contributed by atoms with Crippen LogP contribution in [0.2, 0.25) is 0 Å². The second-order valence-corrected chi connectivity index (χ2v) is 10.9. The number of rotatable bonds is 6. The molecule has 0 radical (unpaired) electrons. The number of carbonyl (C=O) groups excluding carboxylic acids is 1. The summed E-state index contributed by atoms with van der Waals surface area (Å²) in [5, 5.41) is 0. The number of anilines is 2. The van der Waals surface area contributed by atoms with Crippen LogP contribution in [0.4, 0.5) is 11.4 Å². The molecule has 5 aromatic carbocycles. The van der Waals surface area contributed by atoms with Gasteiger partial charge >= 0.3 is 5.97 Å². The monoisotopic (exact) mass is 570 g/mol. The zero-order chi connectivity index (χ0) is 29.7. The van der Waals surface area contributed by atoms with Crippen molar-refractivity contribution >= 4 is 17.3 Å². The lowest BCUT2D eigenvalue weighted by molar-refractivity contribution is 0.0223. The van der Waals surface area contributed by atoms with Gasteiger partial charge < -0.3 is 30.4 Å². The Morgan fingerprint density at radius 2 is 1.12 bits per heavy atom. The fourth-order valence-electron chi connectivity index (χ4n) is 5.89. The second-order valence-electron chi connectivity index (χ2n) is 10.9. The number of hydrogen-bond acceptors (Lipinski definition) is 7. The highest BCUT2D eigenvalue weighted by Gasteiger charge is 2.54. The molecular weight excluding hydrogens is 540 g/mol. The van der Waals surface area contributed by atoms with E-state index in [0.717, 1.165) is 38.9 Å². The van der Waals surface area contributed by atoms with E-state index in [1.807, 2.05) is 105 Å². The first-order valence-electron chi connectivity index (χ1n) is 14.1. The van der Waals surface area contributed by atoms with E-state index in [1.54, 1.807) is 6.07 Å². The number of nitrogens with two attached hydrogens (primary N) is 2. The Labute approximate surface area is 249 Å². The van der Waals surface area contributed by atoms with Crippen molar-refractivity contribution in [2.24, 2.45) is 0 Å².